The minimum atomic E-state index is -0.867. The van der Waals surface area contributed by atoms with Gasteiger partial charge in [-0.1, -0.05) is 23.7 Å². The number of methoxy groups -OCH3 is 1. The van der Waals surface area contributed by atoms with Crippen LogP contribution in [0.25, 0.3) is 0 Å². The summed E-state index contributed by atoms with van der Waals surface area (Å²) in [6.45, 7) is 0. The van der Waals surface area contributed by atoms with Crippen molar-refractivity contribution in [1.82, 2.24) is 0 Å². The first-order chi connectivity index (χ1) is 10.1. The van der Waals surface area contributed by atoms with Crippen molar-refractivity contribution in [3.8, 4) is 5.75 Å². The molecule has 5 heteroatoms. The predicted octanol–water partition coefficient (Wildman–Crippen LogP) is 2.92. The zero-order valence-corrected chi connectivity index (χ0v) is 12.1. The smallest absolute Gasteiger partial charge is 0.228 e. The monoisotopic (exact) mass is 303 g/mol. The lowest BCUT2D eigenvalue weighted by Crippen LogP contribution is -2.03. The topological polar surface area (TPSA) is 58.6 Å². The maximum absolute atomic E-state index is 11.4. The zero-order chi connectivity index (χ0) is 15.0. The first-order valence-electron chi connectivity index (χ1n) is 6.52. The van der Waals surface area contributed by atoms with Crippen LogP contribution >= 0.6 is 11.6 Å². The quantitative estimate of drug-likeness (QED) is 0.916. The second-order valence-electron chi connectivity index (χ2n) is 4.93. The summed E-state index contributed by atoms with van der Waals surface area (Å²) in [6, 6.07) is 10.6. The molecule has 0 spiro atoms. The molecule has 0 saturated heterocycles. The van der Waals surface area contributed by atoms with Crippen molar-refractivity contribution in [1.29, 1.82) is 0 Å². The second-order valence-corrected chi connectivity index (χ2v) is 5.34. The predicted molar refractivity (Wildman–Crippen MR) is 80.8 cm³/mol. The third-order valence-corrected chi connectivity index (χ3v) is 3.88. The normalized spacial score (nSPS) is 14.5. The number of fused-ring (bicyclic) bond motifs is 1. The van der Waals surface area contributed by atoms with Crippen LogP contribution in [0.1, 0.15) is 22.8 Å². The molecule has 1 unspecified atom stereocenters. The molecule has 1 heterocycles. The van der Waals surface area contributed by atoms with E-state index in [0.717, 1.165) is 5.56 Å². The Morgan fingerprint density at radius 2 is 2.14 bits per heavy atom. The van der Waals surface area contributed by atoms with Gasteiger partial charge in [0.15, 0.2) is 0 Å². The summed E-state index contributed by atoms with van der Waals surface area (Å²) >= 11 is 6.23. The molecule has 0 saturated carbocycles. The number of benzene rings is 2. The number of hydrogen-bond donors (Lipinski definition) is 2. The van der Waals surface area contributed by atoms with Gasteiger partial charge in [-0.05, 0) is 35.4 Å². The average molecular weight is 304 g/mol. The molecule has 2 aromatic rings. The molecule has 1 atom stereocenters. The van der Waals surface area contributed by atoms with Gasteiger partial charge in [0.05, 0.1) is 13.5 Å². The summed E-state index contributed by atoms with van der Waals surface area (Å²) < 4.78 is 5.16. The Bertz CT molecular complexity index is 715. The Labute approximate surface area is 127 Å². The van der Waals surface area contributed by atoms with Gasteiger partial charge in [-0.3, -0.25) is 4.79 Å². The van der Waals surface area contributed by atoms with Crippen molar-refractivity contribution in [2.45, 2.75) is 12.5 Å². The third-order valence-electron chi connectivity index (χ3n) is 3.55. The minimum Gasteiger partial charge on any atom is -0.497 e. The highest BCUT2D eigenvalue weighted by Crippen LogP contribution is 2.35. The lowest BCUT2D eigenvalue weighted by atomic mass is 9.98. The average Bonchev–Trinajstić information content (AvgIpc) is 2.84. The number of carbonyl (C=O) groups is 1. The van der Waals surface area contributed by atoms with Gasteiger partial charge in [0.1, 0.15) is 11.9 Å². The van der Waals surface area contributed by atoms with Gasteiger partial charge in [0, 0.05) is 16.3 Å². The van der Waals surface area contributed by atoms with Crippen molar-refractivity contribution in [2.24, 2.45) is 0 Å². The van der Waals surface area contributed by atoms with E-state index < -0.39 is 6.10 Å². The van der Waals surface area contributed by atoms with Crippen LogP contribution in [0.5, 0.6) is 5.75 Å². The van der Waals surface area contributed by atoms with E-state index >= 15 is 0 Å². The molecule has 2 aromatic carbocycles. The molecule has 108 valence electrons. The van der Waals surface area contributed by atoms with Gasteiger partial charge < -0.3 is 15.2 Å². The number of anilines is 1. The number of halogens is 1. The highest BCUT2D eigenvalue weighted by atomic mass is 35.5. The van der Waals surface area contributed by atoms with E-state index in [4.69, 9.17) is 16.3 Å². The van der Waals surface area contributed by atoms with Crippen molar-refractivity contribution in [2.75, 3.05) is 12.4 Å². The Morgan fingerprint density at radius 3 is 2.90 bits per heavy atom. The minimum absolute atomic E-state index is 0.0610. The molecular formula is C16H14ClNO3. The van der Waals surface area contributed by atoms with Crippen LogP contribution < -0.4 is 10.1 Å². The van der Waals surface area contributed by atoms with Crippen LogP contribution in [0.2, 0.25) is 5.02 Å². The summed E-state index contributed by atoms with van der Waals surface area (Å²) in [5.41, 5.74) is 2.83. The SMILES string of the molecule is COc1cccc(C(O)c2cc3c(cc2Cl)NC(=O)C3)c1. The number of hydrogen-bond acceptors (Lipinski definition) is 3. The highest BCUT2D eigenvalue weighted by Gasteiger charge is 2.22. The molecule has 4 nitrogen and oxygen atoms in total. The van der Waals surface area contributed by atoms with E-state index in [0.29, 0.717) is 34.0 Å². The van der Waals surface area contributed by atoms with Crippen molar-refractivity contribution in [3.63, 3.8) is 0 Å². The van der Waals surface area contributed by atoms with E-state index in [9.17, 15) is 9.90 Å². The Morgan fingerprint density at radius 1 is 1.33 bits per heavy atom. The molecule has 0 bridgehead atoms. The first kappa shape index (κ1) is 13.9. The summed E-state index contributed by atoms with van der Waals surface area (Å²) in [5.74, 6) is 0.606. The van der Waals surface area contributed by atoms with Gasteiger partial charge in [-0.25, -0.2) is 0 Å². The van der Waals surface area contributed by atoms with Crippen LogP contribution in [0.4, 0.5) is 5.69 Å². The summed E-state index contributed by atoms with van der Waals surface area (Å²) in [5, 5.41) is 13.7. The number of carbonyl (C=O) groups excluding carboxylic acids is 1. The zero-order valence-electron chi connectivity index (χ0n) is 11.4. The Kier molecular flexibility index (Phi) is 3.57. The Balaban J connectivity index is 2.00. The van der Waals surface area contributed by atoms with E-state index in [-0.39, 0.29) is 5.91 Å². The van der Waals surface area contributed by atoms with E-state index in [2.05, 4.69) is 5.32 Å². The molecular weight excluding hydrogens is 290 g/mol. The summed E-state index contributed by atoms with van der Waals surface area (Å²) in [4.78, 5) is 11.4. The van der Waals surface area contributed by atoms with Crippen molar-refractivity contribution in [3.05, 3.63) is 58.1 Å². The molecule has 0 fully saturated rings. The molecule has 0 aromatic heterocycles. The van der Waals surface area contributed by atoms with Crippen LogP contribution in [0.15, 0.2) is 36.4 Å². The number of amides is 1. The summed E-state index contributed by atoms with van der Waals surface area (Å²) in [6.07, 6.45) is -0.557. The number of ether oxygens (including phenoxy) is 1. The van der Waals surface area contributed by atoms with E-state index in [1.165, 1.54) is 0 Å². The fraction of sp³-hybridized carbons (Fsp3) is 0.188. The van der Waals surface area contributed by atoms with E-state index in [1.807, 2.05) is 12.1 Å². The van der Waals surface area contributed by atoms with E-state index in [1.54, 1.807) is 31.4 Å². The lowest BCUT2D eigenvalue weighted by Gasteiger charge is -2.15. The first-order valence-corrected chi connectivity index (χ1v) is 6.90. The molecule has 1 aliphatic heterocycles. The molecule has 2 N–H and O–H groups in total. The molecule has 0 aliphatic carbocycles. The molecule has 1 amide bonds. The second kappa shape index (κ2) is 5.39. The number of aliphatic hydroxyl groups is 1. The van der Waals surface area contributed by atoms with Crippen LogP contribution in [0.3, 0.4) is 0 Å². The molecule has 0 radical (unpaired) electrons. The Hall–Kier alpha value is -2.04. The molecule has 3 rings (SSSR count). The van der Waals surface area contributed by atoms with Crippen LogP contribution in [-0.4, -0.2) is 18.1 Å². The largest absolute Gasteiger partial charge is 0.497 e. The maximum atomic E-state index is 11.4. The fourth-order valence-corrected chi connectivity index (χ4v) is 2.73. The lowest BCUT2D eigenvalue weighted by molar-refractivity contribution is -0.115. The van der Waals surface area contributed by atoms with Crippen molar-refractivity contribution < 1.29 is 14.6 Å². The number of aliphatic hydroxyl groups excluding tert-OH is 1. The third kappa shape index (κ3) is 2.60. The molecule has 1 aliphatic rings. The van der Waals surface area contributed by atoms with Crippen molar-refractivity contribution >= 4 is 23.2 Å². The maximum Gasteiger partial charge on any atom is 0.228 e. The standard InChI is InChI=1S/C16H14ClNO3/c1-21-11-4-2-3-9(5-11)16(20)12-6-10-7-15(19)18-14(10)8-13(12)17/h2-6,8,16,20H,7H2,1H3,(H,18,19). The summed E-state index contributed by atoms with van der Waals surface area (Å²) in [7, 11) is 1.57. The molecule has 21 heavy (non-hydrogen) atoms. The van der Waals surface area contributed by atoms with Gasteiger partial charge in [0.2, 0.25) is 5.91 Å². The van der Waals surface area contributed by atoms with Crippen LogP contribution in [0, 0.1) is 0 Å². The van der Waals surface area contributed by atoms with Gasteiger partial charge in [0.25, 0.3) is 0 Å². The highest BCUT2D eigenvalue weighted by molar-refractivity contribution is 6.32. The van der Waals surface area contributed by atoms with Gasteiger partial charge in [-0.15, -0.1) is 0 Å². The number of nitrogens with one attached hydrogen (secondary N) is 1. The number of rotatable bonds is 3. The van der Waals surface area contributed by atoms with Gasteiger partial charge in [-0.2, -0.15) is 0 Å². The fourth-order valence-electron chi connectivity index (χ4n) is 2.47. The van der Waals surface area contributed by atoms with Crippen LogP contribution in [-0.2, 0) is 11.2 Å². The van der Waals surface area contributed by atoms with Gasteiger partial charge >= 0.3 is 0 Å².